The van der Waals surface area contributed by atoms with Crippen molar-refractivity contribution in [2.45, 2.75) is 19.1 Å². The lowest BCUT2D eigenvalue weighted by atomic mass is 9.93. The van der Waals surface area contributed by atoms with E-state index in [4.69, 9.17) is 9.47 Å². The first-order valence-electron chi connectivity index (χ1n) is 4.85. The predicted octanol–water partition coefficient (Wildman–Crippen LogP) is 1.57. The van der Waals surface area contributed by atoms with Gasteiger partial charge in [-0.3, -0.25) is 0 Å². The van der Waals surface area contributed by atoms with Crippen molar-refractivity contribution in [3.63, 3.8) is 0 Å². The Morgan fingerprint density at radius 3 is 2.42 bits per heavy atom. The van der Waals surface area contributed by atoms with Crippen LogP contribution in [-0.2, 0) is 9.47 Å². The highest BCUT2D eigenvalue weighted by Gasteiger charge is 2.42. The molecule has 3 atom stereocenters. The van der Waals surface area contributed by atoms with Crippen LogP contribution >= 0.6 is 0 Å². The van der Waals surface area contributed by atoms with Crippen LogP contribution in [0.3, 0.4) is 0 Å². The summed E-state index contributed by atoms with van der Waals surface area (Å²) in [6.45, 7) is 1.59. The van der Waals surface area contributed by atoms with Crippen molar-refractivity contribution in [3.8, 4) is 0 Å². The van der Waals surface area contributed by atoms with Crippen LogP contribution in [0.2, 0.25) is 0 Å². The molecule has 0 aromatic heterocycles. The number of hydrogen-bond donors (Lipinski definition) is 0. The maximum Gasteiger partial charge on any atom is 0.161 e. The highest BCUT2D eigenvalue weighted by Crippen LogP contribution is 2.46. The molecule has 1 saturated heterocycles. The zero-order valence-electron chi connectivity index (χ0n) is 7.11. The molecule has 1 saturated carbocycles. The first kappa shape index (κ1) is 7.10. The minimum Gasteiger partial charge on any atom is -0.350 e. The summed E-state index contributed by atoms with van der Waals surface area (Å²) in [6, 6.07) is 0. The van der Waals surface area contributed by atoms with Gasteiger partial charge in [0, 0.05) is 5.92 Å². The SMILES string of the molecule is C1=C[C@@H]2C[C@H]1CC2C1OCCO1. The maximum absolute atomic E-state index is 5.53. The second-order valence-electron chi connectivity index (χ2n) is 4.05. The largest absolute Gasteiger partial charge is 0.350 e. The van der Waals surface area contributed by atoms with Crippen molar-refractivity contribution in [1.82, 2.24) is 0 Å². The quantitative estimate of drug-likeness (QED) is 0.550. The van der Waals surface area contributed by atoms with Crippen molar-refractivity contribution < 1.29 is 9.47 Å². The van der Waals surface area contributed by atoms with Gasteiger partial charge in [0.15, 0.2) is 6.29 Å². The van der Waals surface area contributed by atoms with E-state index < -0.39 is 0 Å². The van der Waals surface area contributed by atoms with E-state index in [1.807, 2.05) is 0 Å². The molecule has 0 aromatic carbocycles. The highest BCUT2D eigenvalue weighted by molar-refractivity contribution is 5.10. The average molecular weight is 166 g/mol. The first-order valence-corrected chi connectivity index (χ1v) is 4.85. The fourth-order valence-electron chi connectivity index (χ4n) is 2.76. The summed E-state index contributed by atoms with van der Waals surface area (Å²) in [6.07, 6.45) is 7.45. The molecule has 0 N–H and O–H groups in total. The summed E-state index contributed by atoms with van der Waals surface area (Å²) in [5.74, 6) is 2.23. The summed E-state index contributed by atoms with van der Waals surface area (Å²) >= 11 is 0. The van der Waals surface area contributed by atoms with Gasteiger partial charge in [-0.2, -0.15) is 0 Å². The van der Waals surface area contributed by atoms with Gasteiger partial charge in [-0.25, -0.2) is 0 Å². The molecule has 3 aliphatic rings. The number of ether oxygens (including phenoxy) is 2. The van der Waals surface area contributed by atoms with Crippen molar-refractivity contribution in [3.05, 3.63) is 12.2 Å². The summed E-state index contributed by atoms with van der Waals surface area (Å²) in [5.41, 5.74) is 0. The fraction of sp³-hybridized carbons (Fsp3) is 0.800. The van der Waals surface area contributed by atoms with Gasteiger partial charge in [-0.05, 0) is 24.7 Å². The molecule has 2 aliphatic carbocycles. The van der Waals surface area contributed by atoms with E-state index >= 15 is 0 Å². The Balaban J connectivity index is 1.74. The molecule has 2 heteroatoms. The van der Waals surface area contributed by atoms with Crippen LogP contribution in [0.1, 0.15) is 12.8 Å². The third kappa shape index (κ3) is 0.947. The van der Waals surface area contributed by atoms with Gasteiger partial charge >= 0.3 is 0 Å². The second kappa shape index (κ2) is 2.57. The van der Waals surface area contributed by atoms with E-state index in [2.05, 4.69) is 12.2 Å². The lowest BCUT2D eigenvalue weighted by molar-refractivity contribution is -0.0899. The third-order valence-electron chi connectivity index (χ3n) is 3.33. The van der Waals surface area contributed by atoms with E-state index in [1.165, 1.54) is 12.8 Å². The van der Waals surface area contributed by atoms with E-state index in [9.17, 15) is 0 Å². The van der Waals surface area contributed by atoms with E-state index in [-0.39, 0.29) is 6.29 Å². The van der Waals surface area contributed by atoms with Crippen LogP contribution in [-0.4, -0.2) is 19.5 Å². The van der Waals surface area contributed by atoms with Gasteiger partial charge in [-0.1, -0.05) is 12.2 Å². The van der Waals surface area contributed by atoms with Gasteiger partial charge in [0.25, 0.3) is 0 Å². The Morgan fingerprint density at radius 2 is 1.83 bits per heavy atom. The lowest BCUT2D eigenvalue weighted by Crippen LogP contribution is -2.24. The molecule has 2 nitrogen and oxygen atoms in total. The molecule has 1 heterocycles. The Labute approximate surface area is 72.5 Å². The predicted molar refractivity (Wildman–Crippen MR) is 44.5 cm³/mol. The van der Waals surface area contributed by atoms with Crippen molar-refractivity contribution in [2.75, 3.05) is 13.2 Å². The Kier molecular flexibility index (Phi) is 1.52. The van der Waals surface area contributed by atoms with Crippen LogP contribution in [0.5, 0.6) is 0 Å². The minimum absolute atomic E-state index is 0.116. The zero-order valence-corrected chi connectivity index (χ0v) is 7.11. The molecule has 0 radical (unpaired) electrons. The molecule has 1 unspecified atom stereocenters. The van der Waals surface area contributed by atoms with Crippen LogP contribution in [0.25, 0.3) is 0 Å². The molecular formula is C10H14O2. The summed E-state index contributed by atoms with van der Waals surface area (Å²) < 4.78 is 11.1. The van der Waals surface area contributed by atoms with E-state index in [0.29, 0.717) is 5.92 Å². The topological polar surface area (TPSA) is 18.5 Å². The van der Waals surface area contributed by atoms with Gasteiger partial charge in [0.1, 0.15) is 0 Å². The minimum atomic E-state index is 0.116. The monoisotopic (exact) mass is 166 g/mol. The van der Waals surface area contributed by atoms with Gasteiger partial charge < -0.3 is 9.47 Å². The Bertz CT molecular complexity index is 206. The molecule has 3 rings (SSSR count). The van der Waals surface area contributed by atoms with Crippen molar-refractivity contribution in [2.24, 2.45) is 17.8 Å². The number of hydrogen-bond acceptors (Lipinski definition) is 2. The number of allylic oxidation sites excluding steroid dienone is 2. The Hall–Kier alpha value is -0.340. The maximum atomic E-state index is 5.53. The van der Waals surface area contributed by atoms with Crippen molar-refractivity contribution >= 4 is 0 Å². The number of rotatable bonds is 1. The first-order chi connectivity index (χ1) is 5.93. The van der Waals surface area contributed by atoms with Crippen LogP contribution in [0.4, 0.5) is 0 Å². The molecule has 66 valence electrons. The van der Waals surface area contributed by atoms with Crippen molar-refractivity contribution in [1.29, 1.82) is 0 Å². The normalized spacial score (nSPS) is 46.2. The van der Waals surface area contributed by atoms with Gasteiger partial charge in [0.2, 0.25) is 0 Å². The molecule has 0 amide bonds. The fourth-order valence-corrected chi connectivity index (χ4v) is 2.76. The second-order valence-corrected chi connectivity index (χ2v) is 4.05. The third-order valence-corrected chi connectivity index (χ3v) is 3.33. The van der Waals surface area contributed by atoms with Gasteiger partial charge in [0.05, 0.1) is 13.2 Å². The summed E-state index contributed by atoms with van der Waals surface area (Å²) in [5, 5.41) is 0. The van der Waals surface area contributed by atoms with Crippen LogP contribution < -0.4 is 0 Å². The van der Waals surface area contributed by atoms with Crippen LogP contribution in [0.15, 0.2) is 12.2 Å². The summed E-state index contributed by atoms with van der Waals surface area (Å²) in [4.78, 5) is 0. The molecule has 2 fully saturated rings. The molecule has 1 aliphatic heterocycles. The summed E-state index contributed by atoms with van der Waals surface area (Å²) in [7, 11) is 0. The highest BCUT2D eigenvalue weighted by atomic mass is 16.7. The average Bonchev–Trinajstić information content (AvgIpc) is 2.81. The molecule has 2 bridgehead atoms. The lowest BCUT2D eigenvalue weighted by Gasteiger charge is -2.22. The molecule has 12 heavy (non-hydrogen) atoms. The molecular weight excluding hydrogens is 152 g/mol. The molecule has 0 aromatic rings. The standard InChI is InChI=1S/C10H14O2/c1-2-8-5-7(1)6-9(8)10-11-3-4-12-10/h1-2,7-10H,3-6H2/t7-,8+,9?/m0/s1. The van der Waals surface area contributed by atoms with E-state index in [0.717, 1.165) is 25.0 Å². The smallest absolute Gasteiger partial charge is 0.161 e. The zero-order chi connectivity index (χ0) is 7.97. The molecule has 0 spiro atoms. The van der Waals surface area contributed by atoms with Crippen LogP contribution in [0, 0.1) is 17.8 Å². The van der Waals surface area contributed by atoms with Gasteiger partial charge in [-0.15, -0.1) is 0 Å². The Morgan fingerprint density at radius 1 is 1.00 bits per heavy atom. The van der Waals surface area contributed by atoms with E-state index in [1.54, 1.807) is 0 Å². The number of fused-ring (bicyclic) bond motifs is 2.